The largest absolute Gasteiger partial charge is 0.220 e. The first-order chi connectivity index (χ1) is 5.81. The number of aromatic nitrogens is 3. The normalized spacial score (nSPS) is 10.8. The van der Waals surface area contributed by atoms with Crippen molar-refractivity contribution in [1.82, 2.24) is 14.6 Å². The van der Waals surface area contributed by atoms with Crippen LogP contribution in [0.25, 0.3) is 5.65 Å². The van der Waals surface area contributed by atoms with Gasteiger partial charge in [0, 0.05) is 6.20 Å². The van der Waals surface area contributed by atoms with Gasteiger partial charge in [-0.25, -0.2) is 9.50 Å². The van der Waals surface area contributed by atoms with Gasteiger partial charge in [-0.1, -0.05) is 6.92 Å². The van der Waals surface area contributed by atoms with Gasteiger partial charge in [0.1, 0.15) is 6.33 Å². The second-order valence-corrected chi connectivity index (χ2v) is 3.43. The molecule has 12 heavy (non-hydrogen) atoms. The second-order valence-electron chi connectivity index (χ2n) is 2.58. The zero-order valence-electron chi connectivity index (χ0n) is 6.66. The van der Waals surface area contributed by atoms with E-state index in [1.807, 2.05) is 6.20 Å². The molecular weight excluding hydrogens is 218 g/mol. The van der Waals surface area contributed by atoms with Crippen LogP contribution in [0.2, 0.25) is 0 Å². The van der Waals surface area contributed by atoms with Crippen molar-refractivity contribution in [3.05, 3.63) is 28.6 Å². The molecular formula is C8H8BrN3. The van der Waals surface area contributed by atoms with E-state index in [2.05, 4.69) is 39.0 Å². The van der Waals surface area contributed by atoms with Gasteiger partial charge in [-0.05, 0) is 34.0 Å². The molecule has 0 aliphatic heterocycles. The third-order valence-electron chi connectivity index (χ3n) is 1.80. The highest BCUT2D eigenvalue weighted by Gasteiger charge is 2.01. The van der Waals surface area contributed by atoms with E-state index in [1.54, 1.807) is 10.8 Å². The SMILES string of the molecule is CCc1cc(Br)c2ncnn2c1. The molecule has 0 unspecified atom stereocenters. The molecule has 2 heterocycles. The molecule has 0 fully saturated rings. The van der Waals surface area contributed by atoms with Crippen molar-refractivity contribution in [3.63, 3.8) is 0 Å². The molecule has 0 saturated heterocycles. The first-order valence-electron chi connectivity index (χ1n) is 3.79. The van der Waals surface area contributed by atoms with E-state index >= 15 is 0 Å². The molecule has 0 atom stereocenters. The molecule has 2 aromatic heterocycles. The van der Waals surface area contributed by atoms with Crippen LogP contribution in [-0.2, 0) is 6.42 Å². The molecule has 0 bridgehead atoms. The minimum atomic E-state index is 0.868. The zero-order chi connectivity index (χ0) is 8.55. The van der Waals surface area contributed by atoms with Gasteiger partial charge in [-0.15, -0.1) is 0 Å². The van der Waals surface area contributed by atoms with Gasteiger partial charge < -0.3 is 0 Å². The van der Waals surface area contributed by atoms with E-state index in [9.17, 15) is 0 Å². The molecule has 0 radical (unpaired) electrons. The summed E-state index contributed by atoms with van der Waals surface area (Å²) in [6.07, 6.45) is 4.56. The topological polar surface area (TPSA) is 30.2 Å². The highest BCUT2D eigenvalue weighted by molar-refractivity contribution is 9.10. The number of pyridine rings is 1. The fourth-order valence-corrected chi connectivity index (χ4v) is 1.71. The van der Waals surface area contributed by atoms with Crippen LogP contribution in [0.5, 0.6) is 0 Å². The minimum absolute atomic E-state index is 0.868. The Hall–Kier alpha value is -0.900. The van der Waals surface area contributed by atoms with E-state index in [0.717, 1.165) is 16.5 Å². The predicted molar refractivity (Wildman–Crippen MR) is 50.1 cm³/mol. The van der Waals surface area contributed by atoms with Gasteiger partial charge in [-0.3, -0.25) is 0 Å². The van der Waals surface area contributed by atoms with Gasteiger partial charge in [0.2, 0.25) is 0 Å². The van der Waals surface area contributed by atoms with Crippen molar-refractivity contribution in [2.45, 2.75) is 13.3 Å². The minimum Gasteiger partial charge on any atom is -0.220 e. The van der Waals surface area contributed by atoms with Gasteiger partial charge in [0.25, 0.3) is 0 Å². The number of hydrogen-bond acceptors (Lipinski definition) is 2. The van der Waals surface area contributed by atoms with Gasteiger partial charge >= 0.3 is 0 Å². The summed E-state index contributed by atoms with van der Waals surface area (Å²) >= 11 is 3.44. The summed E-state index contributed by atoms with van der Waals surface area (Å²) in [5.74, 6) is 0. The summed E-state index contributed by atoms with van der Waals surface area (Å²) < 4.78 is 2.78. The summed E-state index contributed by atoms with van der Waals surface area (Å²) in [5.41, 5.74) is 2.12. The Kier molecular flexibility index (Phi) is 1.84. The number of halogens is 1. The van der Waals surface area contributed by atoms with Gasteiger partial charge in [0.15, 0.2) is 5.65 Å². The highest BCUT2D eigenvalue weighted by atomic mass is 79.9. The lowest BCUT2D eigenvalue weighted by Gasteiger charge is -1.99. The van der Waals surface area contributed by atoms with Crippen molar-refractivity contribution in [1.29, 1.82) is 0 Å². The van der Waals surface area contributed by atoms with E-state index in [-0.39, 0.29) is 0 Å². The summed E-state index contributed by atoms with van der Waals surface area (Å²) in [4.78, 5) is 4.10. The van der Waals surface area contributed by atoms with Crippen LogP contribution in [0.15, 0.2) is 23.1 Å². The smallest absolute Gasteiger partial charge is 0.169 e. The average Bonchev–Trinajstić information content (AvgIpc) is 2.52. The van der Waals surface area contributed by atoms with Crippen LogP contribution in [-0.4, -0.2) is 14.6 Å². The lowest BCUT2D eigenvalue weighted by atomic mass is 10.2. The third kappa shape index (κ3) is 1.12. The van der Waals surface area contributed by atoms with Crippen molar-refractivity contribution >= 4 is 21.6 Å². The highest BCUT2D eigenvalue weighted by Crippen LogP contribution is 2.17. The molecule has 62 valence electrons. The van der Waals surface area contributed by atoms with E-state index in [4.69, 9.17) is 0 Å². The molecule has 0 spiro atoms. The van der Waals surface area contributed by atoms with Crippen molar-refractivity contribution in [2.24, 2.45) is 0 Å². The number of rotatable bonds is 1. The van der Waals surface area contributed by atoms with E-state index in [0.29, 0.717) is 0 Å². The molecule has 0 aliphatic rings. The maximum Gasteiger partial charge on any atom is 0.169 e. The molecule has 4 heteroatoms. The van der Waals surface area contributed by atoms with Crippen LogP contribution in [0.4, 0.5) is 0 Å². The molecule has 2 aromatic rings. The molecule has 0 amide bonds. The molecule has 0 N–H and O–H groups in total. The Morgan fingerprint density at radius 1 is 1.58 bits per heavy atom. The first-order valence-corrected chi connectivity index (χ1v) is 4.58. The molecule has 3 nitrogen and oxygen atoms in total. The number of hydrogen-bond donors (Lipinski definition) is 0. The van der Waals surface area contributed by atoms with Crippen LogP contribution >= 0.6 is 15.9 Å². The summed E-state index contributed by atoms with van der Waals surface area (Å²) in [7, 11) is 0. The van der Waals surface area contributed by atoms with Crippen LogP contribution in [0, 0.1) is 0 Å². The molecule has 0 saturated carbocycles. The second kappa shape index (κ2) is 2.86. The van der Waals surface area contributed by atoms with Gasteiger partial charge in [-0.2, -0.15) is 5.10 Å². The van der Waals surface area contributed by atoms with Crippen molar-refractivity contribution in [3.8, 4) is 0 Å². The Balaban J connectivity index is 2.75. The quantitative estimate of drug-likeness (QED) is 0.744. The lowest BCUT2D eigenvalue weighted by Crippen LogP contribution is -1.91. The van der Waals surface area contributed by atoms with Crippen LogP contribution < -0.4 is 0 Å². The number of fused-ring (bicyclic) bond motifs is 1. The average molecular weight is 226 g/mol. The van der Waals surface area contributed by atoms with Crippen molar-refractivity contribution < 1.29 is 0 Å². The molecule has 0 aliphatic carbocycles. The summed E-state index contributed by atoms with van der Waals surface area (Å²) in [6.45, 7) is 2.12. The Morgan fingerprint density at radius 3 is 3.17 bits per heavy atom. The molecule has 2 rings (SSSR count). The van der Waals surface area contributed by atoms with Gasteiger partial charge in [0.05, 0.1) is 4.47 Å². The standard InChI is InChI=1S/C8H8BrN3/c1-2-6-3-7(9)8-10-5-11-12(8)4-6/h3-5H,2H2,1H3. The van der Waals surface area contributed by atoms with Crippen LogP contribution in [0.1, 0.15) is 12.5 Å². The Morgan fingerprint density at radius 2 is 2.42 bits per heavy atom. The Bertz CT molecular complexity index is 408. The fraction of sp³-hybridized carbons (Fsp3) is 0.250. The number of aryl methyl sites for hydroxylation is 1. The predicted octanol–water partition coefficient (Wildman–Crippen LogP) is 2.05. The van der Waals surface area contributed by atoms with Crippen molar-refractivity contribution in [2.75, 3.05) is 0 Å². The fourth-order valence-electron chi connectivity index (χ4n) is 1.13. The zero-order valence-corrected chi connectivity index (χ0v) is 8.24. The number of nitrogens with zero attached hydrogens (tertiary/aromatic N) is 3. The monoisotopic (exact) mass is 225 g/mol. The lowest BCUT2D eigenvalue weighted by molar-refractivity contribution is 0.932. The first kappa shape index (κ1) is 7.73. The summed E-state index contributed by atoms with van der Waals surface area (Å²) in [5, 5.41) is 4.06. The Labute approximate surface area is 78.6 Å². The van der Waals surface area contributed by atoms with E-state index < -0.39 is 0 Å². The summed E-state index contributed by atoms with van der Waals surface area (Å²) in [6, 6.07) is 2.07. The third-order valence-corrected chi connectivity index (χ3v) is 2.38. The maximum absolute atomic E-state index is 4.10. The maximum atomic E-state index is 4.10. The van der Waals surface area contributed by atoms with Crippen LogP contribution in [0.3, 0.4) is 0 Å². The van der Waals surface area contributed by atoms with E-state index in [1.165, 1.54) is 5.56 Å². The molecule has 0 aromatic carbocycles.